The van der Waals surface area contributed by atoms with Gasteiger partial charge in [0.1, 0.15) is 0 Å². The monoisotopic (exact) mass is 398 g/mol. The van der Waals surface area contributed by atoms with Crippen molar-refractivity contribution >= 4 is 52.4 Å². The molecule has 1 saturated heterocycles. The van der Waals surface area contributed by atoms with E-state index in [0.717, 1.165) is 4.90 Å². The van der Waals surface area contributed by atoms with Crippen molar-refractivity contribution in [2.45, 2.75) is 25.3 Å². The van der Waals surface area contributed by atoms with Crippen molar-refractivity contribution < 1.29 is 19.1 Å². The highest BCUT2D eigenvalue weighted by Gasteiger charge is 2.61. The molecule has 26 heavy (non-hydrogen) atoms. The van der Waals surface area contributed by atoms with E-state index in [1.165, 1.54) is 18.2 Å². The van der Waals surface area contributed by atoms with E-state index in [1.54, 1.807) is 6.92 Å². The van der Waals surface area contributed by atoms with Crippen LogP contribution in [0.1, 0.15) is 19.8 Å². The summed E-state index contributed by atoms with van der Waals surface area (Å²) in [5, 5.41) is 7.44. The first-order valence-electron chi connectivity index (χ1n) is 7.54. The molecular formula is C15H12Cl2N4O5. The Morgan fingerprint density at radius 3 is 2.65 bits per heavy atom. The van der Waals surface area contributed by atoms with E-state index in [0.29, 0.717) is 5.12 Å². The summed E-state index contributed by atoms with van der Waals surface area (Å²) < 4.78 is 4.84. The lowest BCUT2D eigenvalue weighted by Crippen LogP contribution is -2.48. The number of ether oxygens (including phenoxy) is 1. The normalized spacial score (nSPS) is 22.2. The molecule has 2 aliphatic heterocycles. The molecule has 2 aliphatic rings. The summed E-state index contributed by atoms with van der Waals surface area (Å²) >= 11 is 11.8. The molecule has 0 saturated carbocycles. The van der Waals surface area contributed by atoms with Crippen LogP contribution in [0.3, 0.4) is 0 Å². The Morgan fingerprint density at radius 1 is 1.31 bits per heavy atom. The number of nitroso groups, excluding NO2 is 1. The van der Waals surface area contributed by atoms with Crippen molar-refractivity contribution in [3.8, 4) is 0 Å². The Hall–Kier alpha value is -2.52. The summed E-state index contributed by atoms with van der Waals surface area (Å²) in [5.41, 5.74) is -1.64. The topological polar surface area (TPSA) is 109 Å². The Morgan fingerprint density at radius 2 is 2.04 bits per heavy atom. The Labute approximate surface area is 157 Å². The molecule has 1 aromatic carbocycles. The Kier molecular flexibility index (Phi) is 4.68. The smallest absolute Gasteiger partial charge is 0.354 e. The van der Waals surface area contributed by atoms with Crippen LogP contribution in [0.25, 0.3) is 0 Å². The highest BCUT2D eigenvalue weighted by Crippen LogP contribution is 2.41. The van der Waals surface area contributed by atoms with Gasteiger partial charge in [-0.1, -0.05) is 23.2 Å². The molecule has 1 aromatic rings. The maximum Gasteiger partial charge on any atom is 0.354 e. The maximum atomic E-state index is 13.0. The summed E-state index contributed by atoms with van der Waals surface area (Å²) in [4.78, 5) is 49.5. The summed E-state index contributed by atoms with van der Waals surface area (Å²) in [6.45, 7) is 1.71. The molecule has 1 spiro atoms. The zero-order chi connectivity index (χ0) is 19.1. The summed E-state index contributed by atoms with van der Waals surface area (Å²) in [6, 6.07) is 4.25. The fourth-order valence-electron chi connectivity index (χ4n) is 2.92. The summed E-state index contributed by atoms with van der Waals surface area (Å²) in [6.07, 6.45) is -0.635. The number of halogens is 2. The number of imide groups is 1. The molecule has 0 radical (unpaired) electrons. The number of nitrogens with zero attached hydrogens (tertiary/aromatic N) is 4. The molecule has 1 atom stereocenters. The van der Waals surface area contributed by atoms with Gasteiger partial charge in [-0.2, -0.15) is 0 Å². The second-order valence-electron chi connectivity index (χ2n) is 5.66. The van der Waals surface area contributed by atoms with Crippen LogP contribution in [0, 0.1) is 4.91 Å². The van der Waals surface area contributed by atoms with Crippen LogP contribution in [0.15, 0.2) is 28.6 Å². The largest absolute Gasteiger partial charge is 0.461 e. The Bertz CT molecular complexity index is 858. The molecule has 9 nitrogen and oxygen atoms in total. The number of hydrogen-bond donors (Lipinski definition) is 0. The second-order valence-corrected chi connectivity index (χ2v) is 6.47. The van der Waals surface area contributed by atoms with Gasteiger partial charge in [-0.15, -0.1) is 15.1 Å². The third kappa shape index (κ3) is 2.73. The van der Waals surface area contributed by atoms with Gasteiger partial charge < -0.3 is 4.74 Å². The predicted octanol–water partition coefficient (Wildman–Crippen LogP) is 2.30. The molecule has 0 unspecified atom stereocenters. The van der Waals surface area contributed by atoms with Gasteiger partial charge in [0.15, 0.2) is 11.3 Å². The zero-order valence-corrected chi connectivity index (χ0v) is 15.0. The molecule has 136 valence electrons. The average molecular weight is 399 g/mol. The fraction of sp³-hybridized carbons (Fsp3) is 0.333. The van der Waals surface area contributed by atoms with Crippen molar-refractivity contribution in [3.05, 3.63) is 33.2 Å². The van der Waals surface area contributed by atoms with E-state index in [-0.39, 0.29) is 40.9 Å². The fourth-order valence-corrected chi connectivity index (χ4v) is 3.22. The van der Waals surface area contributed by atoms with Crippen LogP contribution in [0.2, 0.25) is 10.0 Å². The molecule has 11 heteroatoms. The van der Waals surface area contributed by atoms with Crippen molar-refractivity contribution in [3.63, 3.8) is 0 Å². The standard InChI is InChI=1S/C15H12Cl2N4O5/c1-2-26-13(23)11-6-15(21(18-11)19-25)7-12(22)20(14(15)24)8-3-4-9(16)10(17)5-8/h3-5H,2,6-7H2,1H3/t15-/m0/s1. The van der Waals surface area contributed by atoms with Gasteiger partial charge in [-0.3, -0.25) is 9.59 Å². The number of hydrogen-bond acceptors (Lipinski definition) is 7. The number of hydrazone groups is 1. The first-order valence-corrected chi connectivity index (χ1v) is 8.30. The molecule has 0 bridgehead atoms. The van der Waals surface area contributed by atoms with Crippen LogP contribution in [0.5, 0.6) is 0 Å². The first-order chi connectivity index (χ1) is 12.3. The van der Waals surface area contributed by atoms with Crippen molar-refractivity contribution in [2.24, 2.45) is 10.4 Å². The summed E-state index contributed by atoms with van der Waals surface area (Å²) in [7, 11) is 0. The minimum Gasteiger partial charge on any atom is -0.461 e. The van der Waals surface area contributed by atoms with Crippen molar-refractivity contribution in [1.29, 1.82) is 0 Å². The van der Waals surface area contributed by atoms with E-state index < -0.39 is 23.3 Å². The number of esters is 1. The van der Waals surface area contributed by atoms with E-state index in [1.807, 2.05) is 0 Å². The van der Waals surface area contributed by atoms with Gasteiger partial charge in [0.2, 0.25) is 5.91 Å². The van der Waals surface area contributed by atoms with Crippen LogP contribution in [0.4, 0.5) is 5.69 Å². The van der Waals surface area contributed by atoms with Crippen LogP contribution in [-0.4, -0.2) is 40.8 Å². The number of anilines is 1. The Balaban J connectivity index is 1.96. The quantitative estimate of drug-likeness (QED) is 0.437. The van der Waals surface area contributed by atoms with Gasteiger partial charge in [0.25, 0.3) is 5.91 Å². The highest BCUT2D eigenvalue weighted by atomic mass is 35.5. The molecule has 2 amide bonds. The number of carbonyl (C=O) groups excluding carboxylic acids is 3. The lowest BCUT2D eigenvalue weighted by atomic mass is 9.92. The maximum absolute atomic E-state index is 13.0. The lowest BCUT2D eigenvalue weighted by molar-refractivity contribution is -0.135. The van der Waals surface area contributed by atoms with Gasteiger partial charge >= 0.3 is 5.97 Å². The average Bonchev–Trinajstić information content (AvgIpc) is 3.09. The van der Waals surface area contributed by atoms with Crippen LogP contribution in [-0.2, 0) is 19.1 Å². The highest BCUT2D eigenvalue weighted by molar-refractivity contribution is 6.42. The second kappa shape index (κ2) is 6.65. The van der Waals surface area contributed by atoms with E-state index >= 15 is 0 Å². The molecule has 3 rings (SSSR count). The number of amides is 2. The molecule has 1 fully saturated rings. The third-order valence-corrected chi connectivity index (χ3v) is 4.84. The first kappa shape index (κ1) is 18.3. The van der Waals surface area contributed by atoms with E-state index in [2.05, 4.69) is 10.4 Å². The van der Waals surface area contributed by atoms with Gasteiger partial charge in [-0.05, 0) is 25.1 Å². The van der Waals surface area contributed by atoms with Crippen LogP contribution >= 0.6 is 23.2 Å². The molecule has 0 aromatic heterocycles. The van der Waals surface area contributed by atoms with E-state index in [9.17, 15) is 19.3 Å². The van der Waals surface area contributed by atoms with Crippen molar-refractivity contribution in [2.75, 3.05) is 11.5 Å². The van der Waals surface area contributed by atoms with E-state index in [4.69, 9.17) is 27.9 Å². The SMILES string of the molecule is CCOC(=O)C1=NN(N=O)[C@]2(CC(=O)N(c3ccc(Cl)c(Cl)c3)C2=O)C1. The lowest BCUT2D eigenvalue weighted by Gasteiger charge is -2.24. The van der Waals surface area contributed by atoms with Gasteiger partial charge in [0.05, 0.1) is 34.0 Å². The molecule has 2 heterocycles. The zero-order valence-electron chi connectivity index (χ0n) is 13.4. The van der Waals surface area contributed by atoms with Gasteiger partial charge in [0, 0.05) is 6.42 Å². The number of rotatable bonds is 4. The minimum absolute atomic E-state index is 0.0989. The summed E-state index contributed by atoms with van der Waals surface area (Å²) in [5.74, 6) is -2.09. The third-order valence-electron chi connectivity index (χ3n) is 4.10. The van der Waals surface area contributed by atoms with Crippen molar-refractivity contribution in [1.82, 2.24) is 5.12 Å². The molecular weight excluding hydrogens is 387 g/mol. The minimum atomic E-state index is -1.69. The molecule has 0 aliphatic carbocycles. The molecule has 0 N–H and O–H groups in total. The number of carbonyl (C=O) groups is 3. The van der Waals surface area contributed by atoms with Crippen LogP contribution < -0.4 is 4.90 Å². The van der Waals surface area contributed by atoms with Gasteiger partial charge in [-0.25, -0.2) is 9.69 Å². The number of benzene rings is 1. The predicted molar refractivity (Wildman–Crippen MR) is 92.6 cm³/mol.